The second-order valence-electron chi connectivity index (χ2n) is 4.59. The normalized spacial score (nSPS) is 28.7. The molecule has 2 rings (SSSR count). The van der Waals surface area contributed by atoms with Crippen molar-refractivity contribution in [2.75, 3.05) is 7.11 Å². The first-order chi connectivity index (χ1) is 8.60. The molecule has 2 aliphatic rings. The lowest BCUT2D eigenvalue weighted by molar-refractivity contribution is -0.124. The summed E-state index contributed by atoms with van der Waals surface area (Å²) in [5.41, 5.74) is 0.0375. The monoisotopic (exact) mass is 252 g/mol. The number of carbonyl (C=O) groups is 3. The molecule has 6 heteroatoms. The Bertz CT molecular complexity index is 386. The highest BCUT2D eigenvalue weighted by Gasteiger charge is 2.29. The Morgan fingerprint density at radius 3 is 2.11 bits per heavy atom. The number of hydrogen-bond donors (Lipinski definition) is 2. The van der Waals surface area contributed by atoms with E-state index in [9.17, 15) is 14.4 Å². The molecule has 18 heavy (non-hydrogen) atoms. The predicted molar refractivity (Wildman–Crippen MR) is 62.5 cm³/mol. The van der Waals surface area contributed by atoms with Crippen molar-refractivity contribution in [1.82, 2.24) is 10.6 Å². The maximum absolute atomic E-state index is 11.5. The molecule has 0 bridgehead atoms. The fraction of sp³-hybridized carbons (Fsp3) is 0.583. The Labute approximate surface area is 105 Å². The standard InChI is InChI=1S/C12H16N2O4/c1-18-8-4-2-7(3-5-8)6-9-10(15)13-12(17)14-11(9)16/h6-8H,2-5H2,1H3,(H2,13,14,15,16,17). The maximum atomic E-state index is 11.5. The molecule has 1 heterocycles. The average molecular weight is 252 g/mol. The molecule has 0 aromatic rings. The summed E-state index contributed by atoms with van der Waals surface area (Å²) in [5.74, 6) is -1.04. The van der Waals surface area contributed by atoms with Gasteiger partial charge in [0.25, 0.3) is 11.8 Å². The molecule has 0 radical (unpaired) electrons. The summed E-state index contributed by atoms with van der Waals surface area (Å²) in [4.78, 5) is 33.9. The van der Waals surface area contributed by atoms with E-state index in [0.717, 1.165) is 25.7 Å². The first-order valence-corrected chi connectivity index (χ1v) is 6.01. The fourth-order valence-electron chi connectivity index (χ4n) is 2.35. The van der Waals surface area contributed by atoms with Crippen molar-refractivity contribution in [2.45, 2.75) is 31.8 Å². The lowest BCUT2D eigenvalue weighted by atomic mass is 9.86. The predicted octanol–water partition coefficient (Wildman–Crippen LogP) is 0.484. The zero-order valence-corrected chi connectivity index (χ0v) is 10.2. The molecule has 1 aliphatic heterocycles. The quantitative estimate of drug-likeness (QED) is 0.553. The van der Waals surface area contributed by atoms with Gasteiger partial charge in [-0.25, -0.2) is 4.79 Å². The minimum Gasteiger partial charge on any atom is -0.381 e. The summed E-state index contributed by atoms with van der Waals surface area (Å²) in [6, 6.07) is -0.759. The molecule has 6 nitrogen and oxygen atoms in total. The van der Waals surface area contributed by atoms with E-state index in [-0.39, 0.29) is 17.6 Å². The molecule has 0 spiro atoms. The average Bonchev–Trinajstić information content (AvgIpc) is 2.34. The van der Waals surface area contributed by atoms with Crippen molar-refractivity contribution < 1.29 is 19.1 Å². The summed E-state index contributed by atoms with van der Waals surface area (Å²) in [6.07, 6.45) is 5.56. The van der Waals surface area contributed by atoms with Crippen LogP contribution in [-0.4, -0.2) is 31.1 Å². The van der Waals surface area contributed by atoms with Gasteiger partial charge in [-0.05, 0) is 31.6 Å². The first kappa shape index (κ1) is 12.8. The first-order valence-electron chi connectivity index (χ1n) is 6.01. The van der Waals surface area contributed by atoms with Crippen LogP contribution in [0.3, 0.4) is 0 Å². The second-order valence-corrected chi connectivity index (χ2v) is 4.59. The number of ether oxygens (including phenoxy) is 1. The second kappa shape index (κ2) is 5.30. The topological polar surface area (TPSA) is 84.5 Å². The molecular formula is C12H16N2O4. The van der Waals surface area contributed by atoms with Gasteiger partial charge in [-0.2, -0.15) is 0 Å². The Morgan fingerprint density at radius 2 is 1.61 bits per heavy atom. The molecule has 1 saturated heterocycles. The van der Waals surface area contributed by atoms with Gasteiger partial charge in [0.15, 0.2) is 0 Å². The van der Waals surface area contributed by atoms with Crippen LogP contribution in [0.5, 0.6) is 0 Å². The Balaban J connectivity index is 2.02. The Kier molecular flexibility index (Phi) is 3.76. The SMILES string of the molecule is COC1CCC(C=C2C(=O)NC(=O)NC2=O)CC1. The van der Waals surface area contributed by atoms with Crippen molar-refractivity contribution in [2.24, 2.45) is 5.92 Å². The number of allylic oxidation sites excluding steroid dienone is 1. The van der Waals surface area contributed by atoms with E-state index in [1.807, 2.05) is 0 Å². The van der Waals surface area contributed by atoms with Gasteiger partial charge in [0.1, 0.15) is 5.57 Å². The minimum absolute atomic E-state index is 0.0375. The molecule has 2 fully saturated rings. The van der Waals surface area contributed by atoms with Crippen molar-refractivity contribution >= 4 is 17.8 Å². The highest BCUT2D eigenvalue weighted by atomic mass is 16.5. The lowest BCUT2D eigenvalue weighted by Gasteiger charge is -2.26. The van der Waals surface area contributed by atoms with Gasteiger partial charge in [-0.1, -0.05) is 6.08 Å². The summed E-state index contributed by atoms with van der Waals surface area (Å²) in [6.45, 7) is 0. The van der Waals surface area contributed by atoms with Crippen molar-refractivity contribution in [3.8, 4) is 0 Å². The smallest absolute Gasteiger partial charge is 0.328 e. The van der Waals surface area contributed by atoms with Gasteiger partial charge in [0.2, 0.25) is 0 Å². The van der Waals surface area contributed by atoms with Gasteiger partial charge in [-0.15, -0.1) is 0 Å². The fourth-order valence-corrected chi connectivity index (χ4v) is 2.35. The van der Waals surface area contributed by atoms with Crippen molar-refractivity contribution in [1.29, 1.82) is 0 Å². The van der Waals surface area contributed by atoms with Crippen LogP contribution in [-0.2, 0) is 14.3 Å². The van der Waals surface area contributed by atoms with Crippen LogP contribution in [0.1, 0.15) is 25.7 Å². The van der Waals surface area contributed by atoms with Crippen molar-refractivity contribution in [3.05, 3.63) is 11.6 Å². The van der Waals surface area contributed by atoms with Gasteiger partial charge in [-0.3, -0.25) is 20.2 Å². The third kappa shape index (κ3) is 2.76. The molecule has 98 valence electrons. The summed E-state index contributed by atoms with van der Waals surface area (Å²) < 4.78 is 5.26. The molecular weight excluding hydrogens is 236 g/mol. The van der Waals surface area contributed by atoms with Crippen LogP contribution in [0.4, 0.5) is 4.79 Å². The number of imide groups is 2. The molecule has 1 saturated carbocycles. The molecule has 0 aromatic heterocycles. The van der Waals surface area contributed by atoms with E-state index in [1.165, 1.54) is 0 Å². The largest absolute Gasteiger partial charge is 0.381 e. The number of nitrogens with one attached hydrogen (secondary N) is 2. The zero-order valence-electron chi connectivity index (χ0n) is 10.2. The van der Waals surface area contributed by atoms with Gasteiger partial charge < -0.3 is 4.74 Å². The van der Waals surface area contributed by atoms with E-state index in [4.69, 9.17) is 4.74 Å². The third-order valence-corrected chi connectivity index (χ3v) is 3.40. The van der Waals surface area contributed by atoms with Crippen LogP contribution < -0.4 is 10.6 Å². The van der Waals surface area contributed by atoms with Crippen LogP contribution >= 0.6 is 0 Å². The van der Waals surface area contributed by atoms with E-state index in [2.05, 4.69) is 10.6 Å². The third-order valence-electron chi connectivity index (χ3n) is 3.40. The number of rotatable bonds is 2. The van der Waals surface area contributed by atoms with Crippen LogP contribution in [0.15, 0.2) is 11.6 Å². The van der Waals surface area contributed by atoms with E-state index < -0.39 is 17.8 Å². The highest BCUT2D eigenvalue weighted by Crippen LogP contribution is 2.27. The zero-order chi connectivity index (χ0) is 13.1. The van der Waals surface area contributed by atoms with E-state index >= 15 is 0 Å². The molecule has 0 unspecified atom stereocenters. The minimum atomic E-state index is -0.759. The van der Waals surface area contributed by atoms with Crippen LogP contribution in [0.25, 0.3) is 0 Å². The number of urea groups is 1. The molecule has 4 amide bonds. The number of carbonyl (C=O) groups excluding carboxylic acids is 3. The molecule has 2 N–H and O–H groups in total. The highest BCUT2D eigenvalue weighted by molar-refractivity contribution is 6.28. The number of amides is 4. The van der Waals surface area contributed by atoms with Gasteiger partial charge in [0.05, 0.1) is 6.10 Å². The molecule has 0 aromatic carbocycles. The molecule has 0 atom stereocenters. The summed E-state index contributed by atoms with van der Waals surface area (Å²) >= 11 is 0. The van der Waals surface area contributed by atoms with Crippen molar-refractivity contribution in [3.63, 3.8) is 0 Å². The lowest BCUT2D eigenvalue weighted by Crippen LogP contribution is -2.51. The van der Waals surface area contributed by atoms with Gasteiger partial charge in [0, 0.05) is 7.11 Å². The van der Waals surface area contributed by atoms with Crippen LogP contribution in [0, 0.1) is 5.92 Å². The van der Waals surface area contributed by atoms with E-state index in [0.29, 0.717) is 0 Å². The Morgan fingerprint density at radius 1 is 1.06 bits per heavy atom. The number of barbiturate groups is 1. The van der Waals surface area contributed by atoms with Gasteiger partial charge >= 0.3 is 6.03 Å². The van der Waals surface area contributed by atoms with E-state index in [1.54, 1.807) is 13.2 Å². The number of hydrogen-bond acceptors (Lipinski definition) is 4. The number of methoxy groups -OCH3 is 1. The molecule has 1 aliphatic carbocycles. The Hall–Kier alpha value is -1.69. The summed E-state index contributed by atoms with van der Waals surface area (Å²) in [5, 5.41) is 4.13. The summed E-state index contributed by atoms with van der Waals surface area (Å²) in [7, 11) is 1.69. The maximum Gasteiger partial charge on any atom is 0.328 e. The van der Waals surface area contributed by atoms with Crippen LogP contribution in [0.2, 0.25) is 0 Å².